The molecule has 0 amide bonds. The lowest BCUT2D eigenvalue weighted by molar-refractivity contribution is 0.581. The summed E-state index contributed by atoms with van der Waals surface area (Å²) in [5.74, 6) is 1.13. The van der Waals surface area contributed by atoms with Crippen molar-refractivity contribution in [2.45, 2.75) is 12.5 Å². The largest absolute Gasteiger partial charge is 0.313 e. The second-order valence-electron chi connectivity index (χ2n) is 3.30. The Hall–Kier alpha value is 0.110. The summed E-state index contributed by atoms with van der Waals surface area (Å²) in [4.78, 5) is 0. The fourth-order valence-electron chi connectivity index (χ4n) is 1.44. The third-order valence-corrected chi connectivity index (χ3v) is 3.69. The Bertz CT molecular complexity index is 317. The van der Waals surface area contributed by atoms with E-state index in [-0.39, 0.29) is 0 Å². The second kappa shape index (κ2) is 6.64. The zero-order valence-corrected chi connectivity index (χ0v) is 11.2. The fraction of sp³-hybridized carbons (Fsp3) is 0.455. The Kier molecular flexibility index (Phi) is 5.83. The van der Waals surface area contributed by atoms with Crippen molar-refractivity contribution >= 4 is 35.0 Å². The topological polar surface area (TPSA) is 12.0 Å². The van der Waals surface area contributed by atoms with Gasteiger partial charge in [-0.2, -0.15) is 11.8 Å². The van der Waals surface area contributed by atoms with Crippen molar-refractivity contribution in [1.82, 2.24) is 5.32 Å². The smallest absolute Gasteiger partial charge is 0.0595 e. The molecule has 0 heterocycles. The average molecular weight is 264 g/mol. The fourth-order valence-corrected chi connectivity index (χ4v) is 2.22. The molecule has 1 unspecified atom stereocenters. The summed E-state index contributed by atoms with van der Waals surface area (Å²) in [6.07, 6.45) is 3.21. The van der Waals surface area contributed by atoms with Crippen molar-refractivity contribution in [3.05, 3.63) is 33.8 Å². The molecule has 84 valence electrons. The standard InChI is InChI=1S/C11H15Cl2NS/c1-14-11(5-6-15-2)8-3-4-9(12)10(13)7-8/h3-4,7,11,14H,5-6H2,1-2H3. The highest BCUT2D eigenvalue weighted by Gasteiger charge is 2.09. The predicted octanol–water partition coefficient (Wildman–Crippen LogP) is 4.01. The first-order valence-corrected chi connectivity index (χ1v) is 6.95. The lowest BCUT2D eigenvalue weighted by Gasteiger charge is -2.16. The number of rotatable bonds is 5. The summed E-state index contributed by atoms with van der Waals surface area (Å²) in [6.45, 7) is 0. The van der Waals surface area contributed by atoms with Gasteiger partial charge in [-0.3, -0.25) is 0 Å². The van der Waals surface area contributed by atoms with Crippen LogP contribution in [0.2, 0.25) is 10.0 Å². The molecule has 0 radical (unpaired) electrons. The Morgan fingerprint density at radius 2 is 2.07 bits per heavy atom. The summed E-state index contributed by atoms with van der Waals surface area (Å²) >= 11 is 13.7. The van der Waals surface area contributed by atoms with Gasteiger partial charge in [0.25, 0.3) is 0 Å². The molecule has 1 aromatic rings. The Balaban J connectivity index is 2.78. The van der Waals surface area contributed by atoms with Crippen LogP contribution in [0.15, 0.2) is 18.2 Å². The van der Waals surface area contributed by atoms with Gasteiger partial charge in [0.05, 0.1) is 10.0 Å². The molecule has 0 saturated heterocycles. The number of halogens is 2. The minimum absolute atomic E-state index is 0.354. The molecule has 1 rings (SSSR count). The molecule has 1 nitrogen and oxygen atoms in total. The lowest BCUT2D eigenvalue weighted by Crippen LogP contribution is -2.17. The number of hydrogen-bond donors (Lipinski definition) is 1. The molecule has 1 aromatic carbocycles. The maximum atomic E-state index is 5.98. The van der Waals surface area contributed by atoms with Gasteiger partial charge in [0.15, 0.2) is 0 Å². The molecular formula is C11H15Cl2NS. The maximum absolute atomic E-state index is 5.98. The molecule has 1 N–H and O–H groups in total. The van der Waals surface area contributed by atoms with E-state index in [9.17, 15) is 0 Å². The molecule has 1 atom stereocenters. The summed E-state index contributed by atoms with van der Waals surface area (Å²) < 4.78 is 0. The van der Waals surface area contributed by atoms with E-state index in [0.717, 1.165) is 12.2 Å². The Morgan fingerprint density at radius 1 is 1.33 bits per heavy atom. The van der Waals surface area contributed by atoms with Crippen LogP contribution >= 0.6 is 35.0 Å². The summed E-state index contributed by atoms with van der Waals surface area (Å²) in [5, 5.41) is 4.52. The molecule has 4 heteroatoms. The third-order valence-electron chi connectivity index (χ3n) is 2.31. The zero-order valence-electron chi connectivity index (χ0n) is 8.89. The van der Waals surface area contributed by atoms with Crippen LogP contribution in [0.4, 0.5) is 0 Å². The van der Waals surface area contributed by atoms with Gasteiger partial charge in [0.2, 0.25) is 0 Å². The molecule has 0 aliphatic rings. The number of thioether (sulfide) groups is 1. The van der Waals surface area contributed by atoms with E-state index in [1.807, 2.05) is 37.0 Å². The summed E-state index contributed by atoms with van der Waals surface area (Å²) in [7, 11) is 1.97. The highest BCUT2D eigenvalue weighted by Crippen LogP contribution is 2.27. The number of benzene rings is 1. The van der Waals surface area contributed by atoms with Crippen molar-refractivity contribution in [1.29, 1.82) is 0 Å². The van der Waals surface area contributed by atoms with E-state index in [1.54, 1.807) is 0 Å². The van der Waals surface area contributed by atoms with Gasteiger partial charge in [-0.15, -0.1) is 0 Å². The number of nitrogens with one attached hydrogen (secondary N) is 1. The Labute approximate surface area is 106 Å². The van der Waals surface area contributed by atoms with Crippen molar-refractivity contribution in [2.24, 2.45) is 0 Å². The molecule has 0 bridgehead atoms. The first-order valence-electron chi connectivity index (χ1n) is 4.80. The van der Waals surface area contributed by atoms with E-state index in [4.69, 9.17) is 23.2 Å². The van der Waals surface area contributed by atoms with Crippen LogP contribution in [-0.2, 0) is 0 Å². The zero-order chi connectivity index (χ0) is 11.3. The van der Waals surface area contributed by atoms with E-state index >= 15 is 0 Å². The van der Waals surface area contributed by atoms with E-state index in [2.05, 4.69) is 11.6 Å². The quantitative estimate of drug-likeness (QED) is 0.862. The van der Waals surface area contributed by atoms with Crippen LogP contribution in [0.3, 0.4) is 0 Å². The minimum Gasteiger partial charge on any atom is -0.313 e. The average Bonchev–Trinajstić information content (AvgIpc) is 2.24. The van der Waals surface area contributed by atoms with Crippen LogP contribution in [-0.4, -0.2) is 19.1 Å². The first kappa shape index (κ1) is 13.2. The van der Waals surface area contributed by atoms with Crippen LogP contribution in [0.1, 0.15) is 18.0 Å². The van der Waals surface area contributed by atoms with Crippen molar-refractivity contribution < 1.29 is 0 Å². The van der Waals surface area contributed by atoms with Gasteiger partial charge < -0.3 is 5.32 Å². The minimum atomic E-state index is 0.354. The third kappa shape index (κ3) is 3.87. The van der Waals surface area contributed by atoms with Crippen molar-refractivity contribution in [2.75, 3.05) is 19.1 Å². The van der Waals surface area contributed by atoms with Crippen LogP contribution in [0.25, 0.3) is 0 Å². The van der Waals surface area contributed by atoms with Gasteiger partial charge in [-0.25, -0.2) is 0 Å². The summed E-state index contributed by atoms with van der Waals surface area (Å²) in [6, 6.07) is 6.16. The molecule has 0 aliphatic carbocycles. The molecule has 0 spiro atoms. The first-order chi connectivity index (χ1) is 7.19. The van der Waals surface area contributed by atoms with Crippen molar-refractivity contribution in [3.63, 3.8) is 0 Å². The Morgan fingerprint density at radius 3 is 2.60 bits per heavy atom. The van der Waals surface area contributed by atoms with Crippen molar-refractivity contribution in [3.8, 4) is 0 Å². The van der Waals surface area contributed by atoms with Crippen LogP contribution in [0.5, 0.6) is 0 Å². The van der Waals surface area contributed by atoms with Gasteiger partial charge in [-0.1, -0.05) is 29.3 Å². The van der Waals surface area contributed by atoms with Gasteiger partial charge in [-0.05, 0) is 43.2 Å². The van der Waals surface area contributed by atoms with E-state index < -0.39 is 0 Å². The van der Waals surface area contributed by atoms with E-state index in [1.165, 1.54) is 5.56 Å². The monoisotopic (exact) mass is 263 g/mol. The van der Waals surface area contributed by atoms with Gasteiger partial charge >= 0.3 is 0 Å². The van der Waals surface area contributed by atoms with Gasteiger partial charge in [0.1, 0.15) is 0 Å². The number of hydrogen-bond acceptors (Lipinski definition) is 2. The highest BCUT2D eigenvalue weighted by atomic mass is 35.5. The molecule has 0 saturated carbocycles. The van der Waals surface area contributed by atoms with E-state index in [0.29, 0.717) is 16.1 Å². The predicted molar refractivity (Wildman–Crippen MR) is 71.3 cm³/mol. The van der Waals surface area contributed by atoms with Gasteiger partial charge in [0, 0.05) is 6.04 Å². The normalized spacial score (nSPS) is 12.8. The SMILES string of the molecule is CNC(CCSC)c1ccc(Cl)c(Cl)c1. The summed E-state index contributed by atoms with van der Waals surface area (Å²) in [5.41, 5.74) is 1.20. The maximum Gasteiger partial charge on any atom is 0.0595 e. The van der Waals surface area contributed by atoms with Crippen LogP contribution in [0, 0.1) is 0 Å². The molecule has 0 aliphatic heterocycles. The molecule has 15 heavy (non-hydrogen) atoms. The molecule has 0 aromatic heterocycles. The highest BCUT2D eigenvalue weighted by molar-refractivity contribution is 7.98. The van der Waals surface area contributed by atoms with Crippen LogP contribution < -0.4 is 5.32 Å². The molecular weight excluding hydrogens is 249 g/mol. The lowest BCUT2D eigenvalue weighted by atomic mass is 10.1. The second-order valence-corrected chi connectivity index (χ2v) is 5.10. The molecule has 0 fully saturated rings.